The van der Waals surface area contributed by atoms with E-state index in [9.17, 15) is 34.2 Å². The molecule has 0 saturated heterocycles. The molecule has 14 heteroatoms. The molecule has 246 valence electrons. The van der Waals surface area contributed by atoms with Gasteiger partial charge in [0, 0.05) is 18.6 Å². The fraction of sp³-hybridized carbons (Fsp3) is 0.452. The molecule has 0 fully saturated rings. The van der Waals surface area contributed by atoms with Gasteiger partial charge in [-0.2, -0.15) is 24.4 Å². The average molecular weight is 662 g/mol. The van der Waals surface area contributed by atoms with E-state index in [1.54, 1.807) is 56.3 Å². The number of carbonyl (C=O) groups excluding carboxylic acids is 4. The van der Waals surface area contributed by atoms with Crippen molar-refractivity contribution in [1.82, 2.24) is 21.3 Å². The summed E-state index contributed by atoms with van der Waals surface area (Å²) in [5, 5.41) is 29.9. The van der Waals surface area contributed by atoms with E-state index in [-0.39, 0.29) is 24.3 Å². The number of carboxylic acids is 1. The van der Waals surface area contributed by atoms with E-state index < -0.39 is 65.7 Å². The Balaban J connectivity index is 2.23. The summed E-state index contributed by atoms with van der Waals surface area (Å²) in [4.78, 5) is 64.7. The zero-order valence-corrected chi connectivity index (χ0v) is 27.3. The molecule has 12 nitrogen and oxygen atoms in total. The summed E-state index contributed by atoms with van der Waals surface area (Å²) >= 11 is 5.72. The zero-order chi connectivity index (χ0) is 33.5. The molecular formula is C31H43N5O7S2. The molecule has 0 aromatic heterocycles. The summed E-state index contributed by atoms with van der Waals surface area (Å²) in [6.07, 6.45) is 2.30. The maximum absolute atomic E-state index is 13.6. The van der Waals surface area contributed by atoms with Crippen LogP contribution in [-0.4, -0.2) is 87.8 Å². The largest absolute Gasteiger partial charge is 0.508 e. The molecule has 5 atom stereocenters. The van der Waals surface area contributed by atoms with E-state index in [1.807, 2.05) is 6.26 Å². The first kappa shape index (κ1) is 37.4. The van der Waals surface area contributed by atoms with E-state index in [1.165, 1.54) is 23.9 Å². The van der Waals surface area contributed by atoms with E-state index >= 15 is 0 Å². The minimum atomic E-state index is -1.28. The maximum atomic E-state index is 13.6. The van der Waals surface area contributed by atoms with Gasteiger partial charge in [0.05, 0.1) is 6.04 Å². The Morgan fingerprint density at radius 3 is 1.87 bits per heavy atom. The number of aromatic hydroxyl groups is 1. The number of phenols is 1. The van der Waals surface area contributed by atoms with Crippen molar-refractivity contribution in [2.45, 2.75) is 63.3 Å². The van der Waals surface area contributed by atoms with Gasteiger partial charge < -0.3 is 37.2 Å². The third kappa shape index (κ3) is 12.6. The van der Waals surface area contributed by atoms with Crippen LogP contribution in [0.2, 0.25) is 0 Å². The lowest BCUT2D eigenvalue weighted by Gasteiger charge is -2.28. The van der Waals surface area contributed by atoms with Crippen molar-refractivity contribution in [2.75, 3.05) is 17.8 Å². The molecule has 0 radical (unpaired) electrons. The smallest absolute Gasteiger partial charge is 0.326 e. The van der Waals surface area contributed by atoms with Crippen molar-refractivity contribution < 1.29 is 34.2 Å². The molecule has 8 N–H and O–H groups in total. The topological polar surface area (TPSA) is 200 Å². The first-order valence-electron chi connectivity index (χ1n) is 14.5. The van der Waals surface area contributed by atoms with Crippen molar-refractivity contribution in [3.63, 3.8) is 0 Å². The highest BCUT2D eigenvalue weighted by Crippen LogP contribution is 2.13. The summed E-state index contributed by atoms with van der Waals surface area (Å²) in [5.41, 5.74) is 7.20. The molecule has 4 amide bonds. The van der Waals surface area contributed by atoms with Crippen molar-refractivity contribution in [1.29, 1.82) is 0 Å². The number of aliphatic carboxylic acids is 1. The summed E-state index contributed by atoms with van der Waals surface area (Å²) < 4.78 is 0. The van der Waals surface area contributed by atoms with Gasteiger partial charge >= 0.3 is 5.97 Å². The number of carboxylic acid groups (broad SMARTS) is 1. The first-order chi connectivity index (χ1) is 21.4. The molecule has 0 bridgehead atoms. The molecule has 0 unspecified atom stereocenters. The second kappa shape index (κ2) is 18.9. The van der Waals surface area contributed by atoms with Gasteiger partial charge in [-0.15, -0.1) is 0 Å². The Labute approximate surface area is 273 Å². The standard InChI is InChI=1S/C31H43N5O7S2/c1-18(2)26(36-29(40)25(17-44)35-27(38)22(32)13-14-45-3)30(41)33-23(15-20-9-11-21(37)12-10-20)28(39)34-24(31(42)43)16-19-7-5-4-6-8-19/h4-12,18,22-26,37,44H,13-17,32H2,1-3H3,(H,33,41)(H,34,39)(H,35,38)(H,36,40)(H,42,43)/t22-,23-,24-,25-,26-/m0/s1. The fourth-order valence-corrected chi connectivity index (χ4v) is 5.05. The van der Waals surface area contributed by atoms with Gasteiger partial charge in [-0.1, -0.05) is 56.3 Å². The van der Waals surface area contributed by atoms with Gasteiger partial charge in [0.1, 0.15) is 29.9 Å². The highest BCUT2D eigenvalue weighted by Gasteiger charge is 2.33. The van der Waals surface area contributed by atoms with Gasteiger partial charge in [-0.05, 0) is 47.6 Å². The highest BCUT2D eigenvalue weighted by atomic mass is 32.2. The molecule has 0 aliphatic rings. The van der Waals surface area contributed by atoms with Crippen LogP contribution < -0.4 is 27.0 Å². The molecule has 0 aliphatic heterocycles. The number of carbonyl (C=O) groups is 5. The number of thioether (sulfide) groups is 1. The van der Waals surface area contributed by atoms with Crippen molar-refractivity contribution in [3.8, 4) is 5.75 Å². The Hall–Kier alpha value is -3.75. The van der Waals surface area contributed by atoms with Crippen LogP contribution in [0.25, 0.3) is 0 Å². The van der Waals surface area contributed by atoms with Crippen LogP contribution in [0.1, 0.15) is 31.4 Å². The van der Waals surface area contributed by atoms with E-state index in [4.69, 9.17) is 5.73 Å². The van der Waals surface area contributed by atoms with Crippen LogP contribution in [-0.2, 0) is 36.8 Å². The van der Waals surface area contributed by atoms with Gasteiger partial charge in [0.25, 0.3) is 0 Å². The van der Waals surface area contributed by atoms with E-state index in [2.05, 4.69) is 33.9 Å². The van der Waals surface area contributed by atoms with Crippen LogP contribution in [0, 0.1) is 5.92 Å². The molecule has 2 aromatic carbocycles. The Morgan fingerprint density at radius 1 is 0.778 bits per heavy atom. The quantitative estimate of drug-likeness (QED) is 0.107. The minimum Gasteiger partial charge on any atom is -0.508 e. The highest BCUT2D eigenvalue weighted by molar-refractivity contribution is 7.98. The third-order valence-electron chi connectivity index (χ3n) is 6.94. The van der Waals surface area contributed by atoms with Gasteiger partial charge in [0.15, 0.2) is 0 Å². The summed E-state index contributed by atoms with van der Waals surface area (Å²) in [5.74, 6) is -3.66. The van der Waals surface area contributed by atoms with Crippen molar-refractivity contribution in [3.05, 3.63) is 65.7 Å². The number of nitrogens with two attached hydrogens (primary N) is 1. The molecule has 0 saturated carbocycles. The number of amides is 4. The lowest BCUT2D eigenvalue weighted by molar-refractivity contribution is -0.142. The summed E-state index contributed by atoms with van der Waals surface area (Å²) in [7, 11) is 0. The second-order valence-electron chi connectivity index (χ2n) is 10.9. The molecule has 2 aromatic rings. The number of hydrogen-bond acceptors (Lipinski definition) is 9. The van der Waals surface area contributed by atoms with Crippen LogP contribution in [0.3, 0.4) is 0 Å². The number of hydrogen-bond donors (Lipinski definition) is 8. The van der Waals surface area contributed by atoms with Crippen LogP contribution in [0.5, 0.6) is 5.75 Å². The molecule has 2 rings (SSSR count). The van der Waals surface area contributed by atoms with E-state index in [0.29, 0.717) is 23.3 Å². The SMILES string of the molecule is CSCC[C@H](N)C(=O)N[C@@H](CS)C(=O)N[C@H](C(=O)N[C@@H](Cc1ccc(O)cc1)C(=O)N[C@@H](Cc1ccccc1)C(=O)O)C(C)C. The number of phenolic OH excluding ortho intramolecular Hbond substituents is 1. The Morgan fingerprint density at radius 2 is 1.31 bits per heavy atom. The molecule has 0 aliphatic carbocycles. The van der Waals surface area contributed by atoms with Gasteiger partial charge in [-0.25, -0.2) is 4.79 Å². The normalized spacial score (nSPS) is 14.4. The monoisotopic (exact) mass is 661 g/mol. The van der Waals surface area contributed by atoms with E-state index in [0.717, 1.165) is 0 Å². The van der Waals surface area contributed by atoms with Gasteiger partial charge in [-0.3, -0.25) is 19.2 Å². The lowest BCUT2D eigenvalue weighted by atomic mass is 10.00. The summed E-state index contributed by atoms with van der Waals surface area (Å²) in [6.45, 7) is 3.40. The summed E-state index contributed by atoms with van der Waals surface area (Å²) in [6, 6.07) is 9.30. The number of thiol groups is 1. The number of nitrogens with one attached hydrogen (secondary N) is 4. The second-order valence-corrected chi connectivity index (χ2v) is 12.2. The average Bonchev–Trinajstić information content (AvgIpc) is 3.01. The fourth-order valence-electron chi connectivity index (χ4n) is 4.30. The lowest BCUT2D eigenvalue weighted by Crippen LogP contribution is -2.60. The molecular weight excluding hydrogens is 619 g/mol. The number of rotatable bonds is 18. The van der Waals surface area contributed by atoms with Crippen LogP contribution in [0.15, 0.2) is 54.6 Å². The molecule has 0 spiro atoms. The first-order valence-corrected chi connectivity index (χ1v) is 16.5. The van der Waals surface area contributed by atoms with Crippen molar-refractivity contribution in [2.24, 2.45) is 11.7 Å². The third-order valence-corrected chi connectivity index (χ3v) is 7.95. The van der Waals surface area contributed by atoms with Gasteiger partial charge in [0.2, 0.25) is 23.6 Å². The maximum Gasteiger partial charge on any atom is 0.326 e. The minimum absolute atomic E-state index is 0.0104. The predicted molar refractivity (Wildman–Crippen MR) is 177 cm³/mol. The predicted octanol–water partition coefficient (Wildman–Crippen LogP) is 0.867. The molecule has 0 heterocycles. The van der Waals surface area contributed by atoms with Crippen LogP contribution in [0.4, 0.5) is 0 Å². The molecule has 45 heavy (non-hydrogen) atoms. The van der Waals surface area contributed by atoms with Crippen LogP contribution >= 0.6 is 24.4 Å². The Kier molecular flexibility index (Phi) is 15.7. The zero-order valence-electron chi connectivity index (χ0n) is 25.6. The number of benzene rings is 2. The van der Waals surface area contributed by atoms with Crippen molar-refractivity contribution >= 4 is 54.0 Å². The Bertz CT molecular complexity index is 1280.